The summed E-state index contributed by atoms with van der Waals surface area (Å²) in [6.45, 7) is 0.203. The first-order valence-electron chi connectivity index (χ1n) is 9.10. The lowest BCUT2D eigenvalue weighted by Gasteiger charge is -2.32. The molecule has 1 aliphatic carbocycles. The molecule has 1 unspecified atom stereocenters. The maximum atomic E-state index is 13.5. The number of hydrogen-bond acceptors (Lipinski definition) is 3. The Morgan fingerprint density at radius 1 is 1.21 bits per heavy atom. The lowest BCUT2D eigenvalue weighted by Crippen LogP contribution is -2.55. The highest BCUT2D eigenvalue weighted by molar-refractivity contribution is 6.08. The molecule has 0 spiro atoms. The molecule has 0 bridgehead atoms. The molecule has 28 heavy (non-hydrogen) atoms. The van der Waals surface area contributed by atoms with E-state index in [9.17, 15) is 23.2 Å². The number of benzene rings is 1. The average Bonchev–Trinajstić information content (AvgIpc) is 3.10. The molecule has 1 aromatic carbocycles. The number of halogens is 2. The maximum absolute atomic E-state index is 13.5. The predicted octanol–water partition coefficient (Wildman–Crippen LogP) is 2.57. The normalized spacial score (nSPS) is 26.2. The van der Waals surface area contributed by atoms with E-state index >= 15 is 0 Å². The van der Waals surface area contributed by atoms with Crippen molar-refractivity contribution in [3.63, 3.8) is 0 Å². The van der Waals surface area contributed by atoms with Crippen LogP contribution in [0.1, 0.15) is 35.2 Å². The van der Waals surface area contributed by atoms with E-state index in [0.29, 0.717) is 12.0 Å². The highest BCUT2D eigenvalue weighted by Gasteiger charge is 2.48. The Morgan fingerprint density at radius 3 is 2.75 bits per heavy atom. The standard InChI is InChI=1S/C20H19F2N3O3/c21-14-3-1-2-12(8-14)6-7-20(18(27)23-19(28)24-20)11-25-10-13-4-5-15(22)9-16(13)17(25)26/h1-5,9,12H,6-8,10-11H2,(H2,23,24,27,28)/t12?,20-/m1/s1. The van der Waals surface area contributed by atoms with Crippen molar-refractivity contribution in [3.05, 3.63) is 59.2 Å². The first-order valence-corrected chi connectivity index (χ1v) is 9.10. The van der Waals surface area contributed by atoms with Gasteiger partial charge in [0.15, 0.2) is 0 Å². The van der Waals surface area contributed by atoms with Gasteiger partial charge < -0.3 is 10.2 Å². The van der Waals surface area contributed by atoms with E-state index in [-0.39, 0.29) is 49.1 Å². The number of imide groups is 1. The summed E-state index contributed by atoms with van der Waals surface area (Å²) in [5, 5.41) is 4.89. The number of fused-ring (bicyclic) bond motifs is 1. The summed E-state index contributed by atoms with van der Waals surface area (Å²) >= 11 is 0. The minimum Gasteiger partial charge on any atom is -0.331 e. The van der Waals surface area contributed by atoms with Crippen LogP contribution in [0, 0.1) is 11.7 Å². The molecule has 0 aromatic heterocycles. The lowest BCUT2D eigenvalue weighted by molar-refractivity contribution is -0.124. The summed E-state index contributed by atoms with van der Waals surface area (Å²) in [6, 6.07) is 3.39. The van der Waals surface area contributed by atoms with E-state index in [1.165, 1.54) is 23.1 Å². The van der Waals surface area contributed by atoms with Crippen molar-refractivity contribution in [2.24, 2.45) is 5.92 Å². The van der Waals surface area contributed by atoms with Gasteiger partial charge in [0.2, 0.25) is 0 Å². The largest absolute Gasteiger partial charge is 0.331 e. The van der Waals surface area contributed by atoms with Gasteiger partial charge >= 0.3 is 6.03 Å². The molecule has 8 heteroatoms. The number of nitrogens with zero attached hydrogens (tertiary/aromatic N) is 1. The van der Waals surface area contributed by atoms with Gasteiger partial charge in [-0.2, -0.15) is 0 Å². The third-order valence-corrected chi connectivity index (χ3v) is 5.49. The van der Waals surface area contributed by atoms with Gasteiger partial charge in [-0.25, -0.2) is 13.6 Å². The molecule has 2 N–H and O–H groups in total. The maximum Gasteiger partial charge on any atom is 0.322 e. The van der Waals surface area contributed by atoms with Crippen LogP contribution in [0.2, 0.25) is 0 Å². The minimum atomic E-state index is -1.29. The topological polar surface area (TPSA) is 78.5 Å². The minimum absolute atomic E-state index is 0.0333. The Balaban J connectivity index is 1.52. The summed E-state index contributed by atoms with van der Waals surface area (Å²) in [5.74, 6) is -1.71. The third kappa shape index (κ3) is 3.30. The van der Waals surface area contributed by atoms with Crippen LogP contribution in [0.4, 0.5) is 13.6 Å². The number of carbonyl (C=O) groups is 3. The quantitative estimate of drug-likeness (QED) is 0.763. The number of nitrogens with one attached hydrogen (secondary N) is 2. The highest BCUT2D eigenvalue weighted by atomic mass is 19.1. The van der Waals surface area contributed by atoms with E-state index in [2.05, 4.69) is 10.6 Å². The smallest absolute Gasteiger partial charge is 0.322 e. The van der Waals surface area contributed by atoms with Crippen LogP contribution in [0.25, 0.3) is 0 Å². The van der Waals surface area contributed by atoms with E-state index < -0.39 is 23.3 Å². The van der Waals surface area contributed by atoms with Crippen LogP contribution in [-0.4, -0.2) is 34.8 Å². The molecule has 1 aromatic rings. The molecule has 2 atom stereocenters. The molecule has 3 aliphatic rings. The number of allylic oxidation sites excluding steroid dienone is 4. The summed E-state index contributed by atoms with van der Waals surface area (Å²) in [5.41, 5.74) is -0.352. The van der Waals surface area contributed by atoms with Crippen LogP contribution < -0.4 is 10.6 Å². The van der Waals surface area contributed by atoms with Crippen LogP contribution in [0.5, 0.6) is 0 Å². The van der Waals surface area contributed by atoms with Gasteiger partial charge in [-0.1, -0.05) is 18.2 Å². The molecule has 6 nitrogen and oxygen atoms in total. The Morgan fingerprint density at radius 2 is 2.04 bits per heavy atom. The Hall–Kier alpha value is -3.03. The number of rotatable bonds is 5. The Kier molecular flexibility index (Phi) is 4.49. The van der Waals surface area contributed by atoms with Crippen molar-refractivity contribution in [2.45, 2.75) is 31.3 Å². The lowest BCUT2D eigenvalue weighted by atomic mass is 9.86. The van der Waals surface area contributed by atoms with Crippen molar-refractivity contribution < 1.29 is 23.2 Å². The summed E-state index contributed by atoms with van der Waals surface area (Å²) in [7, 11) is 0. The Bertz CT molecular complexity index is 927. The average molecular weight is 387 g/mol. The van der Waals surface area contributed by atoms with Crippen LogP contribution in [0.15, 0.2) is 42.3 Å². The predicted molar refractivity (Wildman–Crippen MR) is 96.2 cm³/mol. The second-order valence-electron chi connectivity index (χ2n) is 7.45. The zero-order chi connectivity index (χ0) is 19.9. The van der Waals surface area contributed by atoms with E-state index in [1.54, 1.807) is 12.1 Å². The first kappa shape index (κ1) is 18.3. The molecular weight excluding hydrogens is 368 g/mol. The van der Waals surface area contributed by atoms with E-state index in [1.807, 2.05) is 6.08 Å². The van der Waals surface area contributed by atoms with Crippen LogP contribution >= 0.6 is 0 Å². The Labute approximate surface area is 160 Å². The monoisotopic (exact) mass is 387 g/mol. The number of urea groups is 1. The van der Waals surface area contributed by atoms with Gasteiger partial charge in [0.05, 0.1) is 6.54 Å². The van der Waals surface area contributed by atoms with Crippen molar-refractivity contribution in [3.8, 4) is 0 Å². The van der Waals surface area contributed by atoms with Gasteiger partial charge in [-0.05, 0) is 42.5 Å². The molecule has 1 saturated heterocycles. The molecule has 4 amide bonds. The van der Waals surface area contributed by atoms with Crippen molar-refractivity contribution in [2.75, 3.05) is 6.54 Å². The van der Waals surface area contributed by atoms with E-state index in [0.717, 1.165) is 0 Å². The molecular formula is C20H19F2N3O3. The summed E-state index contributed by atoms with van der Waals surface area (Å²) < 4.78 is 27.0. The molecule has 146 valence electrons. The summed E-state index contributed by atoms with van der Waals surface area (Å²) in [4.78, 5) is 38.5. The molecule has 0 saturated carbocycles. The summed E-state index contributed by atoms with van der Waals surface area (Å²) in [6.07, 6.45) is 5.87. The SMILES string of the molecule is O=C1NC(=O)[C@@](CCC2C=CC=C(F)C2)(CN2Cc3ccc(F)cc3C2=O)N1. The van der Waals surface area contributed by atoms with Gasteiger partial charge in [-0.3, -0.25) is 14.9 Å². The highest BCUT2D eigenvalue weighted by Crippen LogP contribution is 2.31. The zero-order valence-electron chi connectivity index (χ0n) is 15.0. The number of amides is 4. The van der Waals surface area contributed by atoms with Crippen LogP contribution in [0.3, 0.4) is 0 Å². The second-order valence-corrected chi connectivity index (χ2v) is 7.45. The number of carbonyl (C=O) groups excluding carboxylic acids is 3. The van der Waals surface area contributed by atoms with Gasteiger partial charge in [0.1, 0.15) is 17.2 Å². The second kappa shape index (κ2) is 6.85. The van der Waals surface area contributed by atoms with Crippen molar-refractivity contribution >= 4 is 17.8 Å². The molecule has 1 fully saturated rings. The van der Waals surface area contributed by atoms with Crippen molar-refractivity contribution in [1.82, 2.24) is 15.5 Å². The zero-order valence-corrected chi connectivity index (χ0v) is 15.0. The van der Waals surface area contributed by atoms with E-state index in [4.69, 9.17) is 0 Å². The van der Waals surface area contributed by atoms with Gasteiger partial charge in [0.25, 0.3) is 11.8 Å². The van der Waals surface area contributed by atoms with Gasteiger partial charge in [-0.15, -0.1) is 0 Å². The molecule has 0 radical (unpaired) electrons. The third-order valence-electron chi connectivity index (χ3n) is 5.49. The molecule has 2 aliphatic heterocycles. The van der Waals surface area contributed by atoms with Crippen molar-refractivity contribution in [1.29, 1.82) is 0 Å². The fraction of sp³-hybridized carbons (Fsp3) is 0.350. The fourth-order valence-electron chi connectivity index (χ4n) is 4.02. The molecule has 2 heterocycles. The first-order chi connectivity index (χ1) is 13.4. The number of hydrogen-bond donors (Lipinski definition) is 2. The van der Waals surface area contributed by atoms with Gasteiger partial charge in [0, 0.05) is 18.5 Å². The van der Waals surface area contributed by atoms with Crippen LogP contribution in [-0.2, 0) is 11.3 Å². The fourth-order valence-corrected chi connectivity index (χ4v) is 4.02. The molecule has 4 rings (SSSR count).